The van der Waals surface area contributed by atoms with Gasteiger partial charge in [-0.3, -0.25) is 4.79 Å². The van der Waals surface area contributed by atoms with Crippen molar-refractivity contribution in [3.05, 3.63) is 59.3 Å². The maximum Gasteiger partial charge on any atom is 0.337 e. The van der Waals surface area contributed by atoms with E-state index in [1.165, 1.54) is 18.2 Å². The lowest BCUT2D eigenvalue weighted by molar-refractivity contribution is -0.111. The topological polar surface area (TPSA) is 79.5 Å². The Balaban J connectivity index is 2.13. The highest BCUT2D eigenvalue weighted by molar-refractivity contribution is 6.05. The molecule has 0 saturated carbocycles. The van der Waals surface area contributed by atoms with Crippen LogP contribution in [0.15, 0.2) is 40.8 Å². The van der Waals surface area contributed by atoms with E-state index in [0.717, 1.165) is 12.1 Å². The summed E-state index contributed by atoms with van der Waals surface area (Å²) in [7, 11) is 0. The van der Waals surface area contributed by atoms with Gasteiger partial charge in [-0.15, -0.1) is 0 Å². The lowest BCUT2D eigenvalue weighted by Crippen LogP contribution is -2.12. The number of nitrogens with one attached hydrogen (secondary N) is 1. The highest BCUT2D eigenvalue weighted by Gasteiger charge is 2.12. The second-order valence-electron chi connectivity index (χ2n) is 4.27. The molecule has 0 unspecified atom stereocenters. The van der Waals surface area contributed by atoms with Crippen LogP contribution in [-0.4, -0.2) is 17.0 Å². The summed E-state index contributed by atoms with van der Waals surface area (Å²) < 4.78 is 18.3. The number of carbonyl (C=O) groups excluding carboxylic acids is 1. The predicted octanol–water partition coefficient (Wildman–Crippen LogP) is 3.08. The Hall–Kier alpha value is -2.89. The van der Waals surface area contributed by atoms with Crippen LogP contribution in [0.5, 0.6) is 0 Å². The van der Waals surface area contributed by atoms with Gasteiger partial charge in [-0.05, 0) is 43.3 Å². The normalized spacial score (nSPS) is 10.8. The summed E-state index contributed by atoms with van der Waals surface area (Å²) in [6, 6.07) is 6.56. The van der Waals surface area contributed by atoms with Crippen LogP contribution in [0.2, 0.25) is 0 Å². The molecule has 0 aliphatic rings. The number of aryl methyl sites for hydroxylation is 1. The Kier molecular flexibility index (Phi) is 4.18. The number of benzene rings is 1. The molecule has 2 N–H and O–H groups in total. The quantitative estimate of drug-likeness (QED) is 0.848. The number of furan rings is 1. The Bertz CT molecular complexity index is 718. The molecule has 2 rings (SSSR count). The Morgan fingerprint density at radius 3 is 2.67 bits per heavy atom. The first kappa shape index (κ1) is 14.5. The Labute approximate surface area is 119 Å². The largest absolute Gasteiger partial charge is 0.478 e. The molecular weight excluding hydrogens is 277 g/mol. The van der Waals surface area contributed by atoms with Crippen LogP contribution in [0.4, 0.5) is 10.1 Å². The first-order chi connectivity index (χ1) is 9.95. The van der Waals surface area contributed by atoms with E-state index >= 15 is 0 Å². The maximum atomic E-state index is 13.0. The van der Waals surface area contributed by atoms with Crippen molar-refractivity contribution in [3.8, 4) is 0 Å². The summed E-state index contributed by atoms with van der Waals surface area (Å²) in [6.45, 7) is 1.77. The molecule has 0 spiro atoms. The fourth-order valence-corrected chi connectivity index (χ4v) is 1.68. The van der Waals surface area contributed by atoms with Crippen molar-refractivity contribution in [2.75, 3.05) is 5.32 Å². The van der Waals surface area contributed by atoms with Gasteiger partial charge in [0.1, 0.15) is 17.3 Å². The smallest absolute Gasteiger partial charge is 0.337 e. The van der Waals surface area contributed by atoms with E-state index in [1.54, 1.807) is 19.1 Å². The van der Waals surface area contributed by atoms with Crippen molar-refractivity contribution in [1.82, 2.24) is 0 Å². The van der Waals surface area contributed by atoms with Crippen molar-refractivity contribution in [2.24, 2.45) is 0 Å². The number of hydrogen-bond donors (Lipinski definition) is 2. The van der Waals surface area contributed by atoms with E-state index in [2.05, 4.69) is 5.32 Å². The Morgan fingerprint density at radius 1 is 1.29 bits per heavy atom. The highest BCUT2D eigenvalue weighted by atomic mass is 19.1. The van der Waals surface area contributed by atoms with Gasteiger partial charge in [-0.2, -0.15) is 0 Å². The second kappa shape index (κ2) is 6.04. The number of carboxylic acids is 1. The van der Waals surface area contributed by atoms with E-state index in [-0.39, 0.29) is 11.3 Å². The minimum Gasteiger partial charge on any atom is -0.478 e. The van der Waals surface area contributed by atoms with Crippen molar-refractivity contribution < 1.29 is 23.5 Å². The molecule has 0 fully saturated rings. The van der Waals surface area contributed by atoms with Crippen molar-refractivity contribution in [1.29, 1.82) is 0 Å². The first-order valence-corrected chi connectivity index (χ1v) is 6.04. The SMILES string of the molecule is Cc1ccc(/C=C/C(=O)Nc2ccc(F)cc2C(=O)O)o1. The van der Waals surface area contributed by atoms with Crippen molar-refractivity contribution >= 4 is 23.6 Å². The van der Waals surface area contributed by atoms with Crippen LogP contribution in [0.1, 0.15) is 21.9 Å². The number of halogens is 1. The number of carboxylic acid groups (broad SMARTS) is 1. The zero-order chi connectivity index (χ0) is 15.4. The summed E-state index contributed by atoms with van der Waals surface area (Å²) in [5.74, 6) is -1.34. The molecule has 2 aromatic rings. The molecule has 0 atom stereocenters. The van der Waals surface area contributed by atoms with Crippen LogP contribution in [0, 0.1) is 12.7 Å². The first-order valence-electron chi connectivity index (χ1n) is 6.04. The minimum absolute atomic E-state index is 0.0224. The molecule has 1 aromatic heterocycles. The van der Waals surface area contributed by atoms with E-state index in [4.69, 9.17) is 9.52 Å². The van der Waals surface area contributed by atoms with Gasteiger partial charge in [0.25, 0.3) is 0 Å². The monoisotopic (exact) mass is 289 g/mol. The maximum absolute atomic E-state index is 13.0. The molecule has 108 valence electrons. The summed E-state index contributed by atoms with van der Waals surface area (Å²) >= 11 is 0. The fourth-order valence-electron chi connectivity index (χ4n) is 1.68. The van der Waals surface area contributed by atoms with Crippen LogP contribution in [0.25, 0.3) is 6.08 Å². The average molecular weight is 289 g/mol. The number of hydrogen-bond acceptors (Lipinski definition) is 3. The molecule has 6 heteroatoms. The van der Waals surface area contributed by atoms with E-state index in [0.29, 0.717) is 11.5 Å². The van der Waals surface area contributed by atoms with Gasteiger partial charge in [0.2, 0.25) is 5.91 Å². The third-order valence-electron chi connectivity index (χ3n) is 2.63. The molecule has 21 heavy (non-hydrogen) atoms. The van der Waals surface area contributed by atoms with Crippen LogP contribution in [-0.2, 0) is 4.79 Å². The number of aromatic carboxylic acids is 1. The van der Waals surface area contributed by atoms with Crippen LogP contribution >= 0.6 is 0 Å². The number of amides is 1. The molecule has 0 saturated heterocycles. The molecule has 0 bridgehead atoms. The van der Waals surface area contributed by atoms with Gasteiger partial charge in [-0.25, -0.2) is 9.18 Å². The zero-order valence-corrected chi connectivity index (χ0v) is 11.1. The average Bonchev–Trinajstić information content (AvgIpc) is 2.84. The van der Waals surface area contributed by atoms with E-state index < -0.39 is 17.7 Å². The molecule has 1 aromatic carbocycles. The molecule has 1 heterocycles. The van der Waals surface area contributed by atoms with E-state index in [1.807, 2.05) is 0 Å². The van der Waals surface area contributed by atoms with Crippen molar-refractivity contribution in [3.63, 3.8) is 0 Å². The summed E-state index contributed by atoms with van der Waals surface area (Å²) in [5, 5.41) is 11.3. The number of carbonyl (C=O) groups is 2. The van der Waals surface area contributed by atoms with Gasteiger partial charge in [0.15, 0.2) is 0 Å². The summed E-state index contributed by atoms with van der Waals surface area (Å²) in [6.07, 6.45) is 2.65. The molecule has 0 aliphatic heterocycles. The highest BCUT2D eigenvalue weighted by Crippen LogP contribution is 2.17. The van der Waals surface area contributed by atoms with Gasteiger partial charge >= 0.3 is 5.97 Å². The fraction of sp³-hybridized carbons (Fsp3) is 0.0667. The third kappa shape index (κ3) is 3.79. The molecular formula is C15H12FNO4. The van der Waals surface area contributed by atoms with E-state index in [9.17, 15) is 14.0 Å². The second-order valence-corrected chi connectivity index (χ2v) is 4.27. The number of anilines is 1. The van der Waals surface area contributed by atoms with Gasteiger partial charge in [0.05, 0.1) is 11.3 Å². The lowest BCUT2D eigenvalue weighted by atomic mass is 10.1. The van der Waals surface area contributed by atoms with Gasteiger partial charge in [-0.1, -0.05) is 0 Å². The zero-order valence-electron chi connectivity index (χ0n) is 11.1. The standard InChI is InChI=1S/C15H12FNO4/c1-9-2-4-11(21-9)5-7-14(18)17-13-6-3-10(16)8-12(13)15(19)20/h2-8H,1H3,(H,17,18)(H,19,20)/b7-5+. The molecule has 5 nitrogen and oxygen atoms in total. The molecule has 0 aliphatic carbocycles. The van der Waals surface area contributed by atoms with Gasteiger partial charge in [0, 0.05) is 6.08 Å². The molecule has 0 radical (unpaired) electrons. The Morgan fingerprint density at radius 2 is 2.05 bits per heavy atom. The third-order valence-corrected chi connectivity index (χ3v) is 2.63. The van der Waals surface area contributed by atoms with Crippen LogP contribution < -0.4 is 5.32 Å². The van der Waals surface area contributed by atoms with Crippen LogP contribution in [0.3, 0.4) is 0 Å². The molecule has 1 amide bonds. The van der Waals surface area contributed by atoms with Crippen molar-refractivity contribution in [2.45, 2.75) is 6.92 Å². The predicted molar refractivity (Wildman–Crippen MR) is 74.5 cm³/mol. The minimum atomic E-state index is -1.32. The summed E-state index contributed by atoms with van der Waals surface area (Å²) in [5.41, 5.74) is -0.292. The summed E-state index contributed by atoms with van der Waals surface area (Å²) in [4.78, 5) is 22.7. The lowest BCUT2D eigenvalue weighted by Gasteiger charge is -2.06. The number of rotatable bonds is 4. The van der Waals surface area contributed by atoms with Gasteiger partial charge < -0.3 is 14.8 Å².